The number of hydrogen-bond donors (Lipinski definition) is 1. The Hall–Kier alpha value is -0.990. The minimum atomic E-state index is -5.70. The smallest absolute Gasteiger partial charge is 0.395 e. The van der Waals surface area contributed by atoms with E-state index in [2.05, 4.69) is 0 Å². The molecule has 0 heterocycles. The molecule has 0 fully saturated rings. The average molecular weight is 281 g/mol. The SMILES string of the molecule is CCCN(CCO)C(=O)C(C(F)(F)F)C(F)(F)F. The standard InChI is InChI=1S/C9H13F6NO2/c1-2-3-16(4-5-17)7(18)6(8(10,11)12)9(13,14)15/h6,17H,2-5H2,1H3. The van der Waals surface area contributed by atoms with E-state index in [0.717, 1.165) is 0 Å². The summed E-state index contributed by atoms with van der Waals surface area (Å²) in [5, 5.41) is 8.54. The highest BCUT2D eigenvalue weighted by molar-refractivity contribution is 5.80. The Morgan fingerprint density at radius 1 is 1.11 bits per heavy atom. The number of halogens is 6. The largest absolute Gasteiger partial charge is 0.409 e. The quantitative estimate of drug-likeness (QED) is 0.783. The van der Waals surface area contributed by atoms with Crippen molar-refractivity contribution in [3.63, 3.8) is 0 Å². The van der Waals surface area contributed by atoms with Crippen LogP contribution in [0.2, 0.25) is 0 Å². The van der Waals surface area contributed by atoms with Crippen molar-refractivity contribution in [2.75, 3.05) is 19.7 Å². The van der Waals surface area contributed by atoms with E-state index < -0.39 is 37.3 Å². The van der Waals surface area contributed by atoms with Crippen molar-refractivity contribution in [3.8, 4) is 0 Å². The van der Waals surface area contributed by atoms with Crippen molar-refractivity contribution in [1.82, 2.24) is 4.90 Å². The molecule has 0 aromatic heterocycles. The van der Waals surface area contributed by atoms with Gasteiger partial charge in [0.05, 0.1) is 6.61 Å². The van der Waals surface area contributed by atoms with Crippen LogP contribution < -0.4 is 0 Å². The Kier molecular flexibility index (Phi) is 5.91. The number of amides is 1. The maximum atomic E-state index is 12.3. The lowest BCUT2D eigenvalue weighted by atomic mass is 10.1. The summed E-state index contributed by atoms with van der Waals surface area (Å²) in [6, 6.07) is 0. The van der Waals surface area contributed by atoms with E-state index in [4.69, 9.17) is 5.11 Å². The zero-order valence-electron chi connectivity index (χ0n) is 9.48. The van der Waals surface area contributed by atoms with Gasteiger partial charge in [-0.15, -0.1) is 0 Å². The molecule has 9 heteroatoms. The molecule has 0 aliphatic heterocycles. The van der Waals surface area contributed by atoms with E-state index in [1.165, 1.54) is 6.92 Å². The topological polar surface area (TPSA) is 40.5 Å². The molecular weight excluding hydrogens is 268 g/mol. The molecule has 3 nitrogen and oxygen atoms in total. The van der Waals surface area contributed by atoms with Crippen LogP contribution in [-0.2, 0) is 4.79 Å². The third kappa shape index (κ3) is 4.71. The molecule has 108 valence electrons. The minimum Gasteiger partial charge on any atom is -0.395 e. The first kappa shape index (κ1) is 17.0. The second-order valence-corrected chi connectivity index (χ2v) is 3.57. The predicted octanol–water partition coefficient (Wildman–Crippen LogP) is 1.96. The second-order valence-electron chi connectivity index (χ2n) is 3.57. The zero-order chi connectivity index (χ0) is 14.6. The highest BCUT2D eigenvalue weighted by atomic mass is 19.4. The van der Waals surface area contributed by atoms with E-state index >= 15 is 0 Å². The first-order valence-electron chi connectivity index (χ1n) is 5.08. The number of carbonyl (C=O) groups is 1. The van der Waals surface area contributed by atoms with Gasteiger partial charge in [-0.2, -0.15) is 26.3 Å². The third-order valence-electron chi connectivity index (χ3n) is 2.08. The Morgan fingerprint density at radius 2 is 1.56 bits per heavy atom. The molecule has 0 atom stereocenters. The fourth-order valence-electron chi connectivity index (χ4n) is 1.37. The first-order valence-corrected chi connectivity index (χ1v) is 5.08. The van der Waals surface area contributed by atoms with Crippen LogP contribution in [0.3, 0.4) is 0 Å². The van der Waals surface area contributed by atoms with Crippen molar-refractivity contribution >= 4 is 5.91 Å². The average Bonchev–Trinajstić information content (AvgIpc) is 2.12. The van der Waals surface area contributed by atoms with E-state index in [1.54, 1.807) is 0 Å². The highest BCUT2D eigenvalue weighted by Gasteiger charge is 2.61. The van der Waals surface area contributed by atoms with Crippen LogP contribution in [0.4, 0.5) is 26.3 Å². The zero-order valence-corrected chi connectivity index (χ0v) is 9.48. The summed E-state index contributed by atoms with van der Waals surface area (Å²) in [4.78, 5) is 11.7. The fraction of sp³-hybridized carbons (Fsp3) is 0.889. The van der Waals surface area contributed by atoms with Gasteiger partial charge < -0.3 is 10.0 Å². The van der Waals surface area contributed by atoms with Gasteiger partial charge in [-0.05, 0) is 6.42 Å². The molecule has 0 bridgehead atoms. The van der Waals surface area contributed by atoms with Gasteiger partial charge >= 0.3 is 12.4 Å². The summed E-state index contributed by atoms with van der Waals surface area (Å²) < 4.78 is 73.7. The van der Waals surface area contributed by atoms with Crippen LogP contribution in [0.5, 0.6) is 0 Å². The highest BCUT2D eigenvalue weighted by Crippen LogP contribution is 2.40. The van der Waals surface area contributed by atoms with Gasteiger partial charge in [-0.1, -0.05) is 6.92 Å². The molecule has 0 radical (unpaired) electrons. The summed E-state index contributed by atoms with van der Waals surface area (Å²) in [6.07, 6.45) is -11.2. The molecule has 0 rings (SSSR count). The van der Waals surface area contributed by atoms with Crippen molar-refractivity contribution in [3.05, 3.63) is 0 Å². The number of aliphatic hydroxyl groups is 1. The lowest BCUT2D eigenvalue weighted by Crippen LogP contribution is -2.50. The molecule has 0 aromatic rings. The molecule has 0 aromatic carbocycles. The van der Waals surface area contributed by atoms with Crippen LogP contribution in [0, 0.1) is 5.92 Å². The van der Waals surface area contributed by atoms with Crippen molar-refractivity contribution < 1.29 is 36.2 Å². The van der Waals surface area contributed by atoms with Gasteiger partial charge in [-0.3, -0.25) is 4.79 Å². The van der Waals surface area contributed by atoms with Gasteiger partial charge in [0.25, 0.3) is 0 Å². The fourth-order valence-corrected chi connectivity index (χ4v) is 1.37. The van der Waals surface area contributed by atoms with Gasteiger partial charge in [0, 0.05) is 13.1 Å². The molecule has 0 saturated heterocycles. The molecule has 0 unspecified atom stereocenters. The van der Waals surface area contributed by atoms with E-state index in [-0.39, 0.29) is 13.0 Å². The summed E-state index contributed by atoms with van der Waals surface area (Å²) in [5.41, 5.74) is 0. The van der Waals surface area contributed by atoms with Gasteiger partial charge in [0.1, 0.15) is 0 Å². The number of alkyl halides is 6. The monoisotopic (exact) mass is 281 g/mol. The van der Waals surface area contributed by atoms with Crippen molar-refractivity contribution in [2.45, 2.75) is 25.7 Å². The van der Waals surface area contributed by atoms with E-state index in [9.17, 15) is 31.1 Å². The Balaban J connectivity index is 5.17. The van der Waals surface area contributed by atoms with Crippen LogP contribution in [0.25, 0.3) is 0 Å². The van der Waals surface area contributed by atoms with Gasteiger partial charge in [-0.25, -0.2) is 0 Å². The lowest BCUT2D eigenvalue weighted by Gasteiger charge is -2.28. The lowest BCUT2D eigenvalue weighted by molar-refractivity contribution is -0.277. The Morgan fingerprint density at radius 3 is 1.83 bits per heavy atom. The van der Waals surface area contributed by atoms with Gasteiger partial charge in [0.15, 0.2) is 0 Å². The third-order valence-corrected chi connectivity index (χ3v) is 2.08. The number of nitrogens with zero attached hydrogens (tertiary/aromatic N) is 1. The maximum absolute atomic E-state index is 12.3. The van der Waals surface area contributed by atoms with Crippen LogP contribution in [-0.4, -0.2) is 48.0 Å². The Labute approximate surface area is 99.4 Å². The molecule has 18 heavy (non-hydrogen) atoms. The second kappa shape index (κ2) is 6.26. The first-order chi connectivity index (χ1) is 8.05. The Bertz CT molecular complexity index is 255. The summed E-state index contributed by atoms with van der Waals surface area (Å²) >= 11 is 0. The molecule has 0 spiro atoms. The number of carbonyl (C=O) groups excluding carboxylic acids is 1. The molecular formula is C9H13F6NO2. The molecule has 0 aliphatic carbocycles. The summed E-state index contributed by atoms with van der Waals surface area (Å²) in [6.45, 7) is -0.0423. The number of aliphatic hydroxyl groups excluding tert-OH is 1. The minimum absolute atomic E-state index is 0.189. The predicted molar refractivity (Wildman–Crippen MR) is 49.6 cm³/mol. The van der Waals surface area contributed by atoms with Crippen LogP contribution in [0.1, 0.15) is 13.3 Å². The normalized spacial score (nSPS) is 12.9. The molecule has 0 saturated carbocycles. The van der Waals surface area contributed by atoms with Gasteiger partial charge in [0.2, 0.25) is 11.8 Å². The van der Waals surface area contributed by atoms with Crippen LogP contribution in [0.15, 0.2) is 0 Å². The number of hydrogen-bond acceptors (Lipinski definition) is 2. The number of rotatable bonds is 5. The van der Waals surface area contributed by atoms with Crippen molar-refractivity contribution in [1.29, 1.82) is 0 Å². The summed E-state index contributed by atoms with van der Waals surface area (Å²) in [5.74, 6) is -6.12. The van der Waals surface area contributed by atoms with Crippen LogP contribution >= 0.6 is 0 Å². The summed E-state index contributed by atoms with van der Waals surface area (Å²) in [7, 11) is 0. The molecule has 1 amide bonds. The maximum Gasteiger partial charge on any atom is 0.409 e. The van der Waals surface area contributed by atoms with E-state index in [1.807, 2.05) is 0 Å². The molecule has 0 aliphatic rings. The van der Waals surface area contributed by atoms with Crippen molar-refractivity contribution in [2.24, 2.45) is 5.92 Å². The molecule has 1 N–H and O–H groups in total. The van der Waals surface area contributed by atoms with E-state index in [0.29, 0.717) is 4.90 Å².